The van der Waals surface area contributed by atoms with Gasteiger partial charge < -0.3 is 14.7 Å². The molecule has 3 atom stereocenters. The number of nitrogens with zero attached hydrogens (tertiary/aromatic N) is 2. The predicted molar refractivity (Wildman–Crippen MR) is 91.7 cm³/mol. The van der Waals surface area contributed by atoms with E-state index in [0.717, 1.165) is 25.8 Å². The second-order valence-electron chi connectivity index (χ2n) is 8.25. The molecule has 4 rings (SSSR count). The number of amides is 1. The van der Waals surface area contributed by atoms with E-state index in [2.05, 4.69) is 9.80 Å². The molecule has 3 saturated carbocycles. The molecule has 4 aliphatic rings. The number of hydrogen-bond acceptors (Lipinski definition) is 4. The molecule has 0 unspecified atom stereocenters. The highest BCUT2D eigenvalue weighted by Gasteiger charge is 2.42. The Morgan fingerprint density at radius 2 is 1.79 bits per heavy atom. The standard InChI is InChI=1S/C19H32N2O3/c22-18-7-3-6-16(18)17-13-24-11-10-20(17)12-19(23)21(15-8-9-15)14-4-1-2-5-14/h14-18,22H,1-13H2/t16-,17-,18-/m1/s1. The van der Waals surface area contributed by atoms with E-state index in [1.807, 2.05) is 0 Å². The number of carbonyl (C=O) groups is 1. The van der Waals surface area contributed by atoms with Crippen molar-refractivity contribution in [3.8, 4) is 0 Å². The van der Waals surface area contributed by atoms with Crippen molar-refractivity contribution in [3.63, 3.8) is 0 Å². The summed E-state index contributed by atoms with van der Waals surface area (Å²) in [6.45, 7) is 2.72. The van der Waals surface area contributed by atoms with Gasteiger partial charge in [0.1, 0.15) is 0 Å². The van der Waals surface area contributed by atoms with E-state index >= 15 is 0 Å². The zero-order chi connectivity index (χ0) is 16.5. The lowest BCUT2D eigenvalue weighted by Crippen LogP contribution is -2.55. The number of aliphatic hydroxyl groups is 1. The summed E-state index contributed by atoms with van der Waals surface area (Å²) in [4.78, 5) is 17.7. The van der Waals surface area contributed by atoms with Crippen molar-refractivity contribution >= 4 is 5.91 Å². The van der Waals surface area contributed by atoms with Gasteiger partial charge in [0.05, 0.1) is 25.9 Å². The van der Waals surface area contributed by atoms with Crippen molar-refractivity contribution in [2.24, 2.45) is 5.92 Å². The summed E-state index contributed by atoms with van der Waals surface area (Å²) in [6.07, 6.45) is 10.2. The molecule has 1 heterocycles. The first-order valence-electron chi connectivity index (χ1n) is 10.0. The molecule has 0 spiro atoms. The maximum Gasteiger partial charge on any atom is 0.237 e. The maximum absolute atomic E-state index is 13.1. The Morgan fingerprint density at radius 1 is 1.04 bits per heavy atom. The number of hydrogen-bond donors (Lipinski definition) is 1. The van der Waals surface area contributed by atoms with E-state index in [4.69, 9.17) is 4.74 Å². The van der Waals surface area contributed by atoms with Gasteiger partial charge in [-0.15, -0.1) is 0 Å². The van der Waals surface area contributed by atoms with Crippen LogP contribution in [-0.4, -0.2) is 71.3 Å². The molecule has 0 aromatic carbocycles. The number of carbonyl (C=O) groups excluding carboxylic acids is 1. The molecule has 136 valence electrons. The Bertz CT molecular complexity index is 448. The minimum Gasteiger partial charge on any atom is -0.393 e. The smallest absolute Gasteiger partial charge is 0.237 e. The average Bonchev–Trinajstić information content (AvgIpc) is 3.07. The lowest BCUT2D eigenvalue weighted by Gasteiger charge is -2.41. The Balaban J connectivity index is 1.42. The third-order valence-corrected chi connectivity index (χ3v) is 6.59. The molecule has 1 saturated heterocycles. The normalized spacial score (nSPS) is 35.5. The summed E-state index contributed by atoms with van der Waals surface area (Å²) in [6, 6.07) is 1.21. The molecule has 1 N–H and O–H groups in total. The Morgan fingerprint density at radius 3 is 2.46 bits per heavy atom. The second kappa shape index (κ2) is 7.30. The minimum atomic E-state index is -0.219. The molecule has 0 radical (unpaired) electrons. The van der Waals surface area contributed by atoms with Gasteiger partial charge in [0.25, 0.3) is 0 Å². The van der Waals surface area contributed by atoms with Crippen LogP contribution in [0.3, 0.4) is 0 Å². The molecule has 1 aliphatic heterocycles. The topological polar surface area (TPSA) is 53.0 Å². The van der Waals surface area contributed by atoms with Gasteiger partial charge in [0.2, 0.25) is 5.91 Å². The molecule has 0 aromatic heterocycles. The highest BCUT2D eigenvalue weighted by Crippen LogP contribution is 2.36. The van der Waals surface area contributed by atoms with Crippen molar-refractivity contribution in [1.82, 2.24) is 9.80 Å². The maximum atomic E-state index is 13.1. The summed E-state index contributed by atoms with van der Waals surface area (Å²) in [5.74, 6) is 0.600. The molecule has 0 aromatic rings. The van der Waals surface area contributed by atoms with Gasteiger partial charge in [0.15, 0.2) is 0 Å². The van der Waals surface area contributed by atoms with Gasteiger partial charge in [-0.05, 0) is 38.5 Å². The SMILES string of the molecule is O=C(CN1CCOC[C@@H]1[C@H]1CCC[C@H]1O)N(C1CCCC1)C1CC1. The largest absolute Gasteiger partial charge is 0.393 e. The van der Waals surface area contributed by atoms with Gasteiger partial charge in [-0.25, -0.2) is 0 Å². The van der Waals surface area contributed by atoms with E-state index in [0.29, 0.717) is 37.7 Å². The lowest BCUT2D eigenvalue weighted by atomic mass is 9.94. The van der Waals surface area contributed by atoms with Crippen LogP contribution in [0.2, 0.25) is 0 Å². The number of morpholine rings is 1. The van der Waals surface area contributed by atoms with Gasteiger partial charge in [-0.1, -0.05) is 19.3 Å². The Hall–Kier alpha value is -0.650. The zero-order valence-electron chi connectivity index (χ0n) is 14.7. The fraction of sp³-hybridized carbons (Fsp3) is 0.947. The second-order valence-corrected chi connectivity index (χ2v) is 8.25. The highest BCUT2D eigenvalue weighted by molar-refractivity contribution is 5.79. The lowest BCUT2D eigenvalue weighted by molar-refractivity contribution is -0.139. The number of rotatable bonds is 5. The predicted octanol–water partition coefficient (Wildman–Crippen LogP) is 1.78. The summed E-state index contributed by atoms with van der Waals surface area (Å²) in [5, 5.41) is 10.3. The van der Waals surface area contributed by atoms with E-state index in [1.54, 1.807) is 0 Å². The summed E-state index contributed by atoms with van der Waals surface area (Å²) >= 11 is 0. The first-order chi connectivity index (χ1) is 11.7. The third-order valence-electron chi connectivity index (χ3n) is 6.59. The molecule has 24 heavy (non-hydrogen) atoms. The molecular weight excluding hydrogens is 304 g/mol. The van der Waals surface area contributed by atoms with Crippen LogP contribution in [0.4, 0.5) is 0 Å². The molecule has 5 heteroatoms. The fourth-order valence-corrected chi connectivity index (χ4v) is 5.16. The van der Waals surface area contributed by atoms with Crippen molar-refractivity contribution in [2.75, 3.05) is 26.3 Å². The molecule has 1 amide bonds. The molecule has 0 bridgehead atoms. The molecular formula is C19H32N2O3. The van der Waals surface area contributed by atoms with E-state index in [-0.39, 0.29) is 18.1 Å². The monoisotopic (exact) mass is 336 g/mol. The van der Waals surface area contributed by atoms with Crippen molar-refractivity contribution in [2.45, 2.75) is 82.0 Å². The van der Waals surface area contributed by atoms with E-state index in [9.17, 15) is 9.90 Å². The highest BCUT2D eigenvalue weighted by atomic mass is 16.5. The zero-order valence-corrected chi connectivity index (χ0v) is 14.7. The fourth-order valence-electron chi connectivity index (χ4n) is 5.16. The minimum absolute atomic E-state index is 0.213. The Labute approximate surface area is 145 Å². The van der Waals surface area contributed by atoms with Crippen molar-refractivity contribution in [3.05, 3.63) is 0 Å². The van der Waals surface area contributed by atoms with Crippen molar-refractivity contribution < 1.29 is 14.6 Å². The Kier molecular flexibility index (Phi) is 5.11. The van der Waals surface area contributed by atoms with Crippen LogP contribution in [0.15, 0.2) is 0 Å². The first kappa shape index (κ1) is 16.8. The van der Waals surface area contributed by atoms with Gasteiger partial charge in [-0.2, -0.15) is 0 Å². The van der Waals surface area contributed by atoms with Crippen LogP contribution in [0.5, 0.6) is 0 Å². The van der Waals surface area contributed by atoms with Crippen LogP contribution in [0, 0.1) is 5.92 Å². The summed E-state index contributed by atoms with van der Waals surface area (Å²) < 4.78 is 5.70. The van der Waals surface area contributed by atoms with Crippen LogP contribution in [0.25, 0.3) is 0 Å². The first-order valence-corrected chi connectivity index (χ1v) is 10.0. The van der Waals surface area contributed by atoms with Crippen LogP contribution in [-0.2, 0) is 9.53 Å². The van der Waals surface area contributed by atoms with Crippen LogP contribution in [0.1, 0.15) is 57.8 Å². The van der Waals surface area contributed by atoms with Gasteiger partial charge >= 0.3 is 0 Å². The molecule has 4 fully saturated rings. The summed E-state index contributed by atoms with van der Waals surface area (Å²) in [5.41, 5.74) is 0. The van der Waals surface area contributed by atoms with Crippen LogP contribution < -0.4 is 0 Å². The van der Waals surface area contributed by atoms with Crippen molar-refractivity contribution in [1.29, 1.82) is 0 Å². The van der Waals surface area contributed by atoms with Gasteiger partial charge in [0, 0.05) is 30.6 Å². The molecule has 5 nitrogen and oxygen atoms in total. The van der Waals surface area contributed by atoms with E-state index in [1.165, 1.54) is 38.5 Å². The van der Waals surface area contributed by atoms with E-state index < -0.39 is 0 Å². The molecule has 3 aliphatic carbocycles. The summed E-state index contributed by atoms with van der Waals surface area (Å²) in [7, 11) is 0. The van der Waals surface area contributed by atoms with Crippen LogP contribution >= 0.6 is 0 Å². The number of aliphatic hydroxyl groups excluding tert-OH is 1. The quantitative estimate of drug-likeness (QED) is 0.831. The third kappa shape index (κ3) is 3.49. The average molecular weight is 336 g/mol. The van der Waals surface area contributed by atoms with Gasteiger partial charge in [-0.3, -0.25) is 9.69 Å². The number of ether oxygens (including phenoxy) is 1.